The standard InChI is InChI=1S/C22H16ClN3O2/c23-18-8-4-7-17(14-18)21-20(16-9-11-24-12-10-16)22(28-26-21)25-19(27)13-15-5-2-1-3-6-15/h1-12,14H,13H2,(H,25,27). The minimum atomic E-state index is -0.185. The highest BCUT2D eigenvalue weighted by atomic mass is 35.5. The summed E-state index contributed by atoms with van der Waals surface area (Å²) in [6.45, 7) is 0. The molecular formula is C22H16ClN3O2. The molecule has 0 saturated heterocycles. The van der Waals surface area contributed by atoms with Gasteiger partial charge in [-0.1, -0.05) is 59.2 Å². The number of hydrogen-bond donors (Lipinski definition) is 1. The van der Waals surface area contributed by atoms with Gasteiger partial charge in [-0.25, -0.2) is 0 Å². The number of benzene rings is 2. The highest BCUT2D eigenvalue weighted by Crippen LogP contribution is 2.38. The maximum absolute atomic E-state index is 12.5. The van der Waals surface area contributed by atoms with Crippen molar-refractivity contribution in [3.8, 4) is 22.4 Å². The first-order valence-corrected chi connectivity index (χ1v) is 9.08. The second-order valence-corrected chi connectivity index (χ2v) is 6.63. The summed E-state index contributed by atoms with van der Waals surface area (Å²) in [6.07, 6.45) is 3.60. The van der Waals surface area contributed by atoms with Crippen LogP contribution in [0.25, 0.3) is 22.4 Å². The molecule has 28 heavy (non-hydrogen) atoms. The fourth-order valence-corrected chi connectivity index (χ4v) is 3.14. The van der Waals surface area contributed by atoms with Crippen LogP contribution in [0.5, 0.6) is 0 Å². The van der Waals surface area contributed by atoms with Crippen LogP contribution in [-0.4, -0.2) is 16.0 Å². The van der Waals surface area contributed by atoms with Gasteiger partial charge in [-0.2, -0.15) is 0 Å². The van der Waals surface area contributed by atoms with Crippen LogP contribution in [0.1, 0.15) is 5.56 Å². The first-order chi connectivity index (χ1) is 13.7. The predicted molar refractivity (Wildman–Crippen MR) is 109 cm³/mol. The number of carbonyl (C=O) groups excluding carboxylic acids is 1. The van der Waals surface area contributed by atoms with Gasteiger partial charge in [0.1, 0.15) is 5.69 Å². The van der Waals surface area contributed by atoms with E-state index in [9.17, 15) is 4.79 Å². The predicted octanol–water partition coefficient (Wildman–Crippen LogP) is 5.24. The lowest BCUT2D eigenvalue weighted by atomic mass is 10.0. The summed E-state index contributed by atoms with van der Waals surface area (Å²) in [5.41, 5.74) is 3.84. The summed E-state index contributed by atoms with van der Waals surface area (Å²) < 4.78 is 5.51. The van der Waals surface area contributed by atoms with Gasteiger partial charge in [0.15, 0.2) is 0 Å². The molecule has 138 valence electrons. The van der Waals surface area contributed by atoms with Crippen molar-refractivity contribution in [2.24, 2.45) is 0 Å². The molecule has 1 amide bonds. The van der Waals surface area contributed by atoms with Crippen LogP contribution in [-0.2, 0) is 11.2 Å². The second-order valence-electron chi connectivity index (χ2n) is 6.19. The van der Waals surface area contributed by atoms with E-state index in [4.69, 9.17) is 16.1 Å². The maximum Gasteiger partial charge on any atom is 0.239 e. The Hall–Kier alpha value is -3.44. The lowest BCUT2D eigenvalue weighted by Crippen LogP contribution is -2.14. The number of rotatable bonds is 5. The zero-order valence-corrected chi connectivity index (χ0v) is 15.6. The number of anilines is 1. The Morgan fingerprint density at radius 1 is 0.964 bits per heavy atom. The third-order valence-corrected chi connectivity index (χ3v) is 4.45. The normalized spacial score (nSPS) is 10.6. The van der Waals surface area contributed by atoms with Crippen LogP contribution in [0.2, 0.25) is 5.02 Å². The van der Waals surface area contributed by atoms with Gasteiger partial charge in [-0.05, 0) is 35.4 Å². The van der Waals surface area contributed by atoms with E-state index in [2.05, 4.69) is 15.5 Å². The fraction of sp³-hybridized carbons (Fsp3) is 0.0455. The molecule has 0 saturated carbocycles. The lowest BCUT2D eigenvalue weighted by Gasteiger charge is -2.06. The molecule has 2 aromatic heterocycles. The summed E-state index contributed by atoms with van der Waals surface area (Å²) in [5, 5.41) is 7.63. The minimum Gasteiger partial charge on any atom is -0.337 e. The quantitative estimate of drug-likeness (QED) is 0.507. The molecule has 0 spiro atoms. The molecule has 0 aliphatic carbocycles. The Labute approximate surface area is 167 Å². The van der Waals surface area contributed by atoms with Gasteiger partial charge in [0.2, 0.25) is 11.8 Å². The van der Waals surface area contributed by atoms with E-state index in [1.807, 2.05) is 54.6 Å². The smallest absolute Gasteiger partial charge is 0.239 e. The molecule has 2 aromatic carbocycles. The summed E-state index contributed by atoms with van der Waals surface area (Å²) >= 11 is 6.14. The summed E-state index contributed by atoms with van der Waals surface area (Å²) in [4.78, 5) is 16.6. The van der Waals surface area contributed by atoms with E-state index < -0.39 is 0 Å². The van der Waals surface area contributed by atoms with E-state index in [1.165, 1.54) is 0 Å². The number of amides is 1. The number of pyridine rings is 1. The minimum absolute atomic E-state index is 0.185. The van der Waals surface area contributed by atoms with Crippen molar-refractivity contribution in [3.63, 3.8) is 0 Å². The van der Waals surface area contributed by atoms with Crippen molar-refractivity contribution in [3.05, 3.63) is 89.7 Å². The molecule has 0 fully saturated rings. The van der Waals surface area contributed by atoms with Crippen molar-refractivity contribution < 1.29 is 9.32 Å². The molecule has 0 bridgehead atoms. The summed E-state index contributed by atoms with van der Waals surface area (Å²) in [7, 11) is 0. The fourth-order valence-electron chi connectivity index (χ4n) is 2.95. The van der Waals surface area contributed by atoms with Crippen LogP contribution < -0.4 is 5.32 Å². The van der Waals surface area contributed by atoms with E-state index in [-0.39, 0.29) is 12.3 Å². The Morgan fingerprint density at radius 2 is 1.75 bits per heavy atom. The van der Waals surface area contributed by atoms with Crippen molar-refractivity contribution in [1.82, 2.24) is 10.1 Å². The molecule has 4 aromatic rings. The van der Waals surface area contributed by atoms with Crippen molar-refractivity contribution in [1.29, 1.82) is 0 Å². The first kappa shape index (κ1) is 17.9. The largest absolute Gasteiger partial charge is 0.337 e. The molecule has 0 aliphatic rings. The number of nitrogens with zero attached hydrogens (tertiary/aromatic N) is 2. The highest BCUT2D eigenvalue weighted by Gasteiger charge is 2.21. The molecule has 0 unspecified atom stereocenters. The summed E-state index contributed by atoms with van der Waals surface area (Å²) in [5.74, 6) is 0.109. The van der Waals surface area contributed by atoms with E-state index in [0.717, 1.165) is 16.7 Å². The van der Waals surface area contributed by atoms with Crippen LogP contribution in [0.3, 0.4) is 0 Å². The number of hydrogen-bond acceptors (Lipinski definition) is 4. The number of nitrogens with one attached hydrogen (secondary N) is 1. The van der Waals surface area contributed by atoms with E-state index in [0.29, 0.717) is 22.2 Å². The zero-order valence-electron chi connectivity index (χ0n) is 14.8. The molecule has 1 N–H and O–H groups in total. The third kappa shape index (κ3) is 3.94. The van der Waals surface area contributed by atoms with Gasteiger partial charge in [0.05, 0.1) is 12.0 Å². The molecule has 5 nitrogen and oxygen atoms in total. The Balaban J connectivity index is 1.70. The summed E-state index contributed by atoms with van der Waals surface area (Å²) in [6, 6.07) is 20.5. The van der Waals surface area contributed by atoms with Crippen LogP contribution >= 0.6 is 11.6 Å². The third-order valence-electron chi connectivity index (χ3n) is 4.22. The van der Waals surface area contributed by atoms with Gasteiger partial charge in [-0.15, -0.1) is 0 Å². The molecule has 2 heterocycles. The maximum atomic E-state index is 12.5. The Morgan fingerprint density at radius 3 is 2.50 bits per heavy atom. The van der Waals surface area contributed by atoms with Crippen molar-refractivity contribution in [2.45, 2.75) is 6.42 Å². The van der Waals surface area contributed by atoms with Crippen LogP contribution in [0.4, 0.5) is 5.88 Å². The van der Waals surface area contributed by atoms with Gasteiger partial charge in [0.25, 0.3) is 0 Å². The Kier molecular flexibility index (Phi) is 5.17. The molecule has 0 aliphatic heterocycles. The lowest BCUT2D eigenvalue weighted by molar-refractivity contribution is -0.115. The van der Waals surface area contributed by atoms with Crippen molar-refractivity contribution >= 4 is 23.4 Å². The first-order valence-electron chi connectivity index (χ1n) is 8.70. The van der Waals surface area contributed by atoms with Crippen LogP contribution in [0.15, 0.2) is 83.6 Å². The molecule has 4 rings (SSSR count). The molecular weight excluding hydrogens is 374 g/mol. The Bertz CT molecular complexity index is 1100. The zero-order chi connectivity index (χ0) is 19.3. The average Bonchev–Trinajstić information content (AvgIpc) is 3.13. The highest BCUT2D eigenvalue weighted by molar-refractivity contribution is 6.30. The van der Waals surface area contributed by atoms with Gasteiger partial charge in [-0.3, -0.25) is 15.1 Å². The van der Waals surface area contributed by atoms with Crippen LogP contribution in [0, 0.1) is 0 Å². The van der Waals surface area contributed by atoms with E-state index in [1.54, 1.807) is 24.5 Å². The number of halogens is 1. The topological polar surface area (TPSA) is 68.0 Å². The SMILES string of the molecule is O=C(Cc1ccccc1)Nc1onc(-c2cccc(Cl)c2)c1-c1ccncc1. The van der Waals surface area contributed by atoms with Crippen molar-refractivity contribution in [2.75, 3.05) is 5.32 Å². The van der Waals surface area contributed by atoms with Gasteiger partial charge >= 0.3 is 0 Å². The van der Waals surface area contributed by atoms with Gasteiger partial charge < -0.3 is 4.52 Å². The molecule has 0 radical (unpaired) electrons. The van der Waals surface area contributed by atoms with E-state index >= 15 is 0 Å². The molecule has 6 heteroatoms. The number of carbonyl (C=O) groups is 1. The van der Waals surface area contributed by atoms with Gasteiger partial charge in [0, 0.05) is 23.0 Å². The second kappa shape index (κ2) is 8.06. The average molecular weight is 390 g/mol. The monoisotopic (exact) mass is 389 g/mol. The number of aromatic nitrogens is 2. The molecule has 0 atom stereocenters.